The summed E-state index contributed by atoms with van der Waals surface area (Å²) in [4.78, 5) is 47.6. The maximum absolute atomic E-state index is 13.4. The third kappa shape index (κ3) is 6.41. The van der Waals surface area contributed by atoms with Gasteiger partial charge in [-0.25, -0.2) is 9.78 Å². The van der Waals surface area contributed by atoms with Crippen molar-refractivity contribution in [3.63, 3.8) is 0 Å². The van der Waals surface area contributed by atoms with Crippen LogP contribution in [0.15, 0.2) is 77.8 Å². The molecule has 5 rings (SSSR count). The number of carbonyl (C=O) groups excluding carboxylic acids is 3. The SMILES string of the molecule is C[C@@H](NC(=O)OCC1c2ccccc2-c2ccccc21)C(=O)N[C@@H](CCCN=C(N)N)C(=O)c1nc2ccccc2s1. The number of guanidine groups is 1. The zero-order chi connectivity index (χ0) is 29.6. The Hall–Kier alpha value is -4.77. The molecule has 1 heterocycles. The number of Topliss-reactive ketones (excluding diaryl/α,β-unsaturated/α-hetero) is 1. The number of nitrogens with one attached hydrogen (secondary N) is 2. The van der Waals surface area contributed by atoms with Gasteiger partial charge in [-0.05, 0) is 54.2 Å². The molecule has 10 nitrogen and oxygen atoms in total. The number of aliphatic imine (C=N–C) groups is 1. The molecule has 2 amide bonds. The van der Waals surface area contributed by atoms with Gasteiger partial charge >= 0.3 is 6.09 Å². The van der Waals surface area contributed by atoms with Crippen LogP contribution in [0.2, 0.25) is 0 Å². The van der Waals surface area contributed by atoms with Crippen LogP contribution >= 0.6 is 11.3 Å². The van der Waals surface area contributed by atoms with Crippen molar-refractivity contribution in [3.05, 3.63) is 88.9 Å². The molecular formula is C31H32N6O4S. The van der Waals surface area contributed by atoms with E-state index in [1.54, 1.807) is 0 Å². The van der Waals surface area contributed by atoms with E-state index in [-0.39, 0.29) is 30.7 Å². The minimum absolute atomic E-state index is 0.0472. The Bertz CT molecular complexity index is 1570. The van der Waals surface area contributed by atoms with Crippen LogP contribution in [0.4, 0.5) is 4.79 Å². The molecule has 42 heavy (non-hydrogen) atoms. The summed E-state index contributed by atoms with van der Waals surface area (Å²) in [5.74, 6) is -0.991. The van der Waals surface area contributed by atoms with Crippen LogP contribution in [0.1, 0.15) is 46.6 Å². The van der Waals surface area contributed by atoms with E-state index in [4.69, 9.17) is 16.2 Å². The normalized spacial score (nSPS) is 13.5. The van der Waals surface area contributed by atoms with Gasteiger partial charge in [0.15, 0.2) is 11.0 Å². The third-order valence-corrected chi connectivity index (χ3v) is 8.21. The number of aromatic nitrogens is 1. The van der Waals surface area contributed by atoms with Gasteiger partial charge in [0.25, 0.3) is 0 Å². The Morgan fingerprint density at radius 3 is 2.26 bits per heavy atom. The lowest BCUT2D eigenvalue weighted by Gasteiger charge is -2.20. The molecule has 0 bridgehead atoms. The summed E-state index contributed by atoms with van der Waals surface area (Å²) >= 11 is 1.26. The molecule has 4 aromatic rings. The number of ketones is 1. The fourth-order valence-corrected chi connectivity index (χ4v) is 6.04. The first-order chi connectivity index (χ1) is 20.3. The van der Waals surface area contributed by atoms with E-state index in [9.17, 15) is 14.4 Å². The number of ether oxygens (including phenoxy) is 1. The number of benzene rings is 3. The van der Waals surface area contributed by atoms with Crippen LogP contribution in [-0.4, -0.2) is 54.0 Å². The number of nitrogens with two attached hydrogens (primary N) is 2. The van der Waals surface area contributed by atoms with Crippen LogP contribution in [0.25, 0.3) is 21.3 Å². The molecule has 0 saturated carbocycles. The number of thiazole rings is 1. The summed E-state index contributed by atoms with van der Waals surface area (Å²) in [6.45, 7) is 1.96. The lowest BCUT2D eigenvalue weighted by molar-refractivity contribution is -0.123. The van der Waals surface area contributed by atoms with Crippen molar-refractivity contribution in [2.75, 3.05) is 13.2 Å². The second kappa shape index (κ2) is 12.8. The maximum atomic E-state index is 13.4. The number of fused-ring (bicyclic) bond motifs is 4. The van der Waals surface area contributed by atoms with Gasteiger partial charge in [0.2, 0.25) is 11.7 Å². The molecule has 6 N–H and O–H groups in total. The fourth-order valence-electron chi connectivity index (χ4n) is 5.08. The molecule has 1 aliphatic rings. The lowest BCUT2D eigenvalue weighted by atomic mass is 9.98. The molecule has 2 atom stereocenters. The van der Waals surface area contributed by atoms with Crippen molar-refractivity contribution in [1.82, 2.24) is 15.6 Å². The van der Waals surface area contributed by atoms with E-state index in [1.807, 2.05) is 60.7 Å². The van der Waals surface area contributed by atoms with Gasteiger partial charge in [-0.15, -0.1) is 11.3 Å². The first-order valence-corrected chi connectivity index (χ1v) is 14.5. The lowest BCUT2D eigenvalue weighted by Crippen LogP contribution is -2.50. The topological polar surface area (TPSA) is 162 Å². The second-order valence-electron chi connectivity index (χ2n) is 10.1. The van der Waals surface area contributed by atoms with Gasteiger partial charge in [0.1, 0.15) is 12.6 Å². The second-order valence-corrected chi connectivity index (χ2v) is 11.1. The predicted molar refractivity (Wildman–Crippen MR) is 163 cm³/mol. The molecule has 0 unspecified atom stereocenters. The van der Waals surface area contributed by atoms with Crippen LogP contribution in [0, 0.1) is 0 Å². The first kappa shape index (κ1) is 28.7. The summed E-state index contributed by atoms with van der Waals surface area (Å²) in [5.41, 5.74) is 16.0. The van der Waals surface area contributed by atoms with Crippen molar-refractivity contribution < 1.29 is 19.1 Å². The number of nitrogens with zero attached hydrogens (tertiary/aromatic N) is 2. The van der Waals surface area contributed by atoms with Gasteiger partial charge in [-0.2, -0.15) is 0 Å². The third-order valence-electron chi connectivity index (χ3n) is 7.15. The van der Waals surface area contributed by atoms with Gasteiger partial charge in [-0.1, -0.05) is 60.7 Å². The monoisotopic (exact) mass is 584 g/mol. The van der Waals surface area contributed by atoms with Crippen LogP contribution < -0.4 is 22.1 Å². The van der Waals surface area contributed by atoms with Crippen LogP contribution in [0.3, 0.4) is 0 Å². The summed E-state index contributed by atoms with van der Waals surface area (Å²) in [7, 11) is 0. The maximum Gasteiger partial charge on any atom is 0.407 e. The molecule has 0 saturated heterocycles. The molecular weight excluding hydrogens is 552 g/mol. The summed E-state index contributed by atoms with van der Waals surface area (Å²) in [5, 5.41) is 5.65. The highest BCUT2D eigenvalue weighted by atomic mass is 32.1. The average Bonchev–Trinajstić information content (AvgIpc) is 3.56. The number of alkyl carbamates (subject to hydrolysis) is 1. The smallest absolute Gasteiger partial charge is 0.407 e. The van der Waals surface area contributed by atoms with Crippen molar-refractivity contribution in [2.45, 2.75) is 37.8 Å². The average molecular weight is 585 g/mol. The number of amides is 2. The molecule has 0 fully saturated rings. The van der Waals surface area contributed by atoms with Crippen molar-refractivity contribution >= 4 is 45.3 Å². The highest BCUT2D eigenvalue weighted by Gasteiger charge is 2.30. The highest BCUT2D eigenvalue weighted by Crippen LogP contribution is 2.44. The van der Waals surface area contributed by atoms with Crippen molar-refractivity contribution in [2.24, 2.45) is 16.5 Å². The number of hydrogen-bond donors (Lipinski definition) is 4. The largest absolute Gasteiger partial charge is 0.449 e. The molecule has 11 heteroatoms. The Morgan fingerprint density at radius 1 is 0.952 bits per heavy atom. The number of rotatable bonds is 11. The summed E-state index contributed by atoms with van der Waals surface area (Å²) in [6.07, 6.45) is 0.0177. The Balaban J connectivity index is 1.21. The van der Waals surface area contributed by atoms with Gasteiger partial charge < -0.3 is 26.8 Å². The standard InChI is InChI=1S/C31H32N6O4S/c1-18(35-31(40)41-17-23-21-11-4-2-9-19(21)20-10-3-5-12-22(20)23)28(39)36-25(14-8-16-34-30(32)33)27(38)29-37-24-13-6-7-15-26(24)42-29/h2-7,9-13,15,18,23,25H,8,14,16-17H2,1H3,(H,35,40)(H,36,39)(H4,32,33,34)/t18-,25+/m1/s1. The molecule has 0 aliphatic heterocycles. The fraction of sp³-hybridized carbons (Fsp3) is 0.258. The van der Waals surface area contributed by atoms with Gasteiger partial charge in [0.05, 0.1) is 16.3 Å². The van der Waals surface area contributed by atoms with Crippen molar-refractivity contribution in [3.8, 4) is 11.1 Å². The highest BCUT2D eigenvalue weighted by molar-refractivity contribution is 7.20. The van der Waals surface area contributed by atoms with E-state index in [1.165, 1.54) is 18.3 Å². The quantitative estimate of drug-likeness (QED) is 0.0898. The van der Waals surface area contributed by atoms with Crippen LogP contribution in [0.5, 0.6) is 0 Å². The van der Waals surface area contributed by atoms with Crippen molar-refractivity contribution in [1.29, 1.82) is 0 Å². The Labute approximate surface area is 247 Å². The minimum atomic E-state index is -0.955. The van der Waals surface area contributed by atoms with E-state index in [2.05, 4.69) is 32.7 Å². The summed E-state index contributed by atoms with van der Waals surface area (Å²) < 4.78 is 6.45. The first-order valence-electron chi connectivity index (χ1n) is 13.7. The van der Waals surface area contributed by atoms with E-state index in [0.717, 1.165) is 27.0 Å². The number of hydrogen-bond acceptors (Lipinski definition) is 7. The molecule has 0 spiro atoms. The summed E-state index contributed by atoms with van der Waals surface area (Å²) in [6, 6.07) is 21.7. The predicted octanol–water partition coefficient (Wildman–Crippen LogP) is 3.94. The zero-order valence-electron chi connectivity index (χ0n) is 23.1. The van der Waals surface area contributed by atoms with Gasteiger partial charge in [-0.3, -0.25) is 14.6 Å². The Kier molecular flexibility index (Phi) is 8.77. The minimum Gasteiger partial charge on any atom is -0.449 e. The van der Waals surface area contributed by atoms with Gasteiger partial charge in [0, 0.05) is 12.5 Å². The zero-order valence-corrected chi connectivity index (χ0v) is 23.9. The van der Waals surface area contributed by atoms with E-state index < -0.39 is 24.1 Å². The number of para-hydroxylation sites is 1. The molecule has 1 aliphatic carbocycles. The van der Waals surface area contributed by atoms with E-state index >= 15 is 0 Å². The van der Waals surface area contributed by atoms with Crippen LogP contribution in [-0.2, 0) is 9.53 Å². The molecule has 3 aromatic carbocycles. The molecule has 216 valence electrons. The molecule has 0 radical (unpaired) electrons. The molecule has 1 aromatic heterocycles. The Morgan fingerprint density at radius 2 is 1.60 bits per heavy atom. The number of carbonyl (C=O) groups is 3. The van der Waals surface area contributed by atoms with E-state index in [0.29, 0.717) is 23.5 Å².